The number of aromatic nitrogens is 1. The second-order valence-electron chi connectivity index (χ2n) is 4.28. The first-order valence-electron chi connectivity index (χ1n) is 4.96. The average molecular weight is 224 g/mol. The van der Waals surface area contributed by atoms with Crippen LogP contribution in [0.2, 0.25) is 0 Å². The molecule has 0 spiro atoms. The Morgan fingerprint density at radius 3 is 2.69 bits per heavy atom. The summed E-state index contributed by atoms with van der Waals surface area (Å²) in [5.41, 5.74) is -0.659. The quantitative estimate of drug-likeness (QED) is 0.771. The lowest BCUT2D eigenvalue weighted by Gasteiger charge is -2.33. The molecule has 1 heterocycles. The smallest absolute Gasteiger partial charge is 0.254 e. The molecule has 2 N–H and O–H groups in total. The summed E-state index contributed by atoms with van der Waals surface area (Å²) < 4.78 is 0. The van der Waals surface area contributed by atoms with Gasteiger partial charge in [-0.1, -0.05) is 0 Å². The minimum atomic E-state index is -0.653. The van der Waals surface area contributed by atoms with Crippen LogP contribution < -0.4 is 5.56 Å². The third-order valence-corrected chi connectivity index (χ3v) is 2.62. The highest BCUT2D eigenvalue weighted by Crippen LogP contribution is 2.14. The molecular weight excluding hydrogens is 208 g/mol. The minimum absolute atomic E-state index is 0.140. The number of aliphatic hydroxyl groups excluding tert-OH is 1. The van der Waals surface area contributed by atoms with Gasteiger partial charge in [-0.2, -0.15) is 0 Å². The third-order valence-electron chi connectivity index (χ3n) is 2.62. The lowest BCUT2D eigenvalue weighted by atomic mass is 10.0. The highest BCUT2D eigenvalue weighted by atomic mass is 16.3. The summed E-state index contributed by atoms with van der Waals surface area (Å²) in [6.07, 6.45) is 1.43. The normalized spacial score (nSPS) is 11.2. The highest BCUT2D eigenvalue weighted by molar-refractivity contribution is 5.94. The van der Waals surface area contributed by atoms with Gasteiger partial charge in [-0.15, -0.1) is 0 Å². The van der Waals surface area contributed by atoms with E-state index in [1.807, 2.05) is 0 Å². The third kappa shape index (κ3) is 2.49. The van der Waals surface area contributed by atoms with Crippen LogP contribution in [0.1, 0.15) is 24.2 Å². The van der Waals surface area contributed by atoms with Gasteiger partial charge in [0, 0.05) is 24.9 Å². The molecule has 0 radical (unpaired) electrons. The van der Waals surface area contributed by atoms with E-state index in [1.165, 1.54) is 23.2 Å². The van der Waals surface area contributed by atoms with E-state index in [1.54, 1.807) is 20.9 Å². The molecule has 16 heavy (non-hydrogen) atoms. The van der Waals surface area contributed by atoms with Gasteiger partial charge in [-0.3, -0.25) is 9.59 Å². The van der Waals surface area contributed by atoms with Crippen molar-refractivity contribution in [3.63, 3.8) is 0 Å². The molecule has 0 aliphatic rings. The zero-order valence-corrected chi connectivity index (χ0v) is 9.65. The van der Waals surface area contributed by atoms with Gasteiger partial charge in [0.1, 0.15) is 0 Å². The number of hydrogen-bond acceptors (Lipinski definition) is 3. The Morgan fingerprint density at radius 1 is 1.56 bits per heavy atom. The Kier molecular flexibility index (Phi) is 3.49. The fourth-order valence-electron chi connectivity index (χ4n) is 1.15. The lowest BCUT2D eigenvalue weighted by Crippen LogP contribution is -2.47. The molecule has 1 aromatic heterocycles. The van der Waals surface area contributed by atoms with E-state index in [4.69, 9.17) is 5.11 Å². The molecule has 0 aromatic carbocycles. The lowest BCUT2D eigenvalue weighted by molar-refractivity contribution is 0.0473. The summed E-state index contributed by atoms with van der Waals surface area (Å²) in [5, 5.41) is 9.15. The molecule has 88 valence electrons. The van der Waals surface area contributed by atoms with E-state index in [2.05, 4.69) is 4.98 Å². The van der Waals surface area contributed by atoms with Crippen LogP contribution in [-0.4, -0.2) is 40.1 Å². The standard InChI is InChI=1S/C11H16N2O3/c1-11(2,7-14)13(3)10(16)8-4-5-12-9(15)6-8/h4-6,14H,7H2,1-3H3,(H,12,15). The summed E-state index contributed by atoms with van der Waals surface area (Å²) in [6, 6.07) is 2.78. The molecule has 1 amide bonds. The molecule has 0 bridgehead atoms. The van der Waals surface area contributed by atoms with Gasteiger partial charge < -0.3 is 15.0 Å². The van der Waals surface area contributed by atoms with Crippen LogP contribution in [0.15, 0.2) is 23.1 Å². The van der Waals surface area contributed by atoms with E-state index in [0.29, 0.717) is 5.56 Å². The van der Waals surface area contributed by atoms with E-state index < -0.39 is 5.54 Å². The number of pyridine rings is 1. The minimum Gasteiger partial charge on any atom is -0.394 e. The van der Waals surface area contributed by atoms with Crippen LogP contribution in [0.25, 0.3) is 0 Å². The second kappa shape index (κ2) is 4.49. The first kappa shape index (κ1) is 12.4. The molecule has 0 saturated carbocycles. The number of carbonyl (C=O) groups is 1. The van der Waals surface area contributed by atoms with Crippen molar-refractivity contribution in [3.8, 4) is 0 Å². The largest absolute Gasteiger partial charge is 0.394 e. The van der Waals surface area contributed by atoms with Gasteiger partial charge in [-0.25, -0.2) is 0 Å². The number of carbonyl (C=O) groups excluding carboxylic acids is 1. The number of rotatable bonds is 3. The van der Waals surface area contributed by atoms with Crippen molar-refractivity contribution in [1.29, 1.82) is 0 Å². The number of likely N-dealkylation sites (N-methyl/N-ethyl adjacent to an activating group) is 1. The molecule has 0 fully saturated rings. The maximum Gasteiger partial charge on any atom is 0.254 e. The van der Waals surface area contributed by atoms with Crippen LogP contribution in [-0.2, 0) is 0 Å². The number of aliphatic hydroxyl groups is 1. The number of nitrogens with zero attached hydrogens (tertiary/aromatic N) is 1. The molecule has 0 aliphatic carbocycles. The molecule has 0 saturated heterocycles. The summed E-state index contributed by atoms with van der Waals surface area (Å²) >= 11 is 0. The molecule has 1 rings (SSSR count). The van der Waals surface area contributed by atoms with Gasteiger partial charge in [0.2, 0.25) is 5.56 Å². The number of nitrogens with one attached hydrogen (secondary N) is 1. The van der Waals surface area contributed by atoms with Crippen molar-refractivity contribution >= 4 is 5.91 Å². The van der Waals surface area contributed by atoms with Crippen molar-refractivity contribution in [3.05, 3.63) is 34.2 Å². The number of hydrogen-bond donors (Lipinski definition) is 2. The highest BCUT2D eigenvalue weighted by Gasteiger charge is 2.27. The summed E-state index contributed by atoms with van der Waals surface area (Å²) in [5.74, 6) is -0.287. The molecule has 0 aliphatic heterocycles. The number of aromatic amines is 1. The van der Waals surface area contributed by atoms with Gasteiger partial charge in [0.25, 0.3) is 5.91 Å². The molecule has 5 nitrogen and oxygen atoms in total. The van der Waals surface area contributed by atoms with Gasteiger partial charge in [0.05, 0.1) is 12.1 Å². The van der Waals surface area contributed by atoms with Crippen molar-refractivity contribution in [2.45, 2.75) is 19.4 Å². The molecule has 0 atom stereocenters. The van der Waals surface area contributed by atoms with E-state index >= 15 is 0 Å². The maximum atomic E-state index is 12.0. The first-order chi connectivity index (χ1) is 7.38. The molecule has 0 unspecified atom stereocenters. The molecular formula is C11H16N2O3. The van der Waals surface area contributed by atoms with E-state index in [-0.39, 0.29) is 18.1 Å². The van der Waals surface area contributed by atoms with Crippen LogP contribution >= 0.6 is 0 Å². The van der Waals surface area contributed by atoms with E-state index in [0.717, 1.165) is 0 Å². The Balaban J connectivity index is 2.99. The van der Waals surface area contributed by atoms with Crippen LogP contribution in [0.4, 0.5) is 0 Å². The Hall–Kier alpha value is -1.62. The second-order valence-corrected chi connectivity index (χ2v) is 4.28. The van der Waals surface area contributed by atoms with Crippen molar-refractivity contribution in [2.75, 3.05) is 13.7 Å². The molecule has 1 aromatic rings. The Bertz CT molecular complexity index is 437. The zero-order valence-electron chi connectivity index (χ0n) is 9.65. The number of H-pyrrole nitrogens is 1. The van der Waals surface area contributed by atoms with Gasteiger partial charge in [-0.05, 0) is 19.9 Å². The maximum absolute atomic E-state index is 12.0. The fraction of sp³-hybridized carbons (Fsp3) is 0.455. The summed E-state index contributed by atoms with van der Waals surface area (Å²) in [7, 11) is 1.60. The zero-order chi connectivity index (χ0) is 12.3. The monoisotopic (exact) mass is 224 g/mol. The number of amides is 1. The first-order valence-corrected chi connectivity index (χ1v) is 4.96. The Morgan fingerprint density at radius 2 is 2.19 bits per heavy atom. The summed E-state index contributed by atoms with van der Waals surface area (Å²) in [4.78, 5) is 26.9. The predicted octanol–water partition coefficient (Wildman–Crippen LogP) is 0.218. The van der Waals surface area contributed by atoms with E-state index in [9.17, 15) is 9.59 Å². The van der Waals surface area contributed by atoms with Crippen molar-refractivity contribution in [2.24, 2.45) is 0 Å². The van der Waals surface area contributed by atoms with Gasteiger partial charge >= 0.3 is 0 Å². The summed E-state index contributed by atoms with van der Waals surface area (Å²) in [6.45, 7) is 3.36. The SMILES string of the molecule is CN(C(=O)c1cc[nH]c(=O)c1)C(C)(C)CO. The van der Waals surface area contributed by atoms with Crippen molar-refractivity contribution in [1.82, 2.24) is 9.88 Å². The van der Waals surface area contributed by atoms with Crippen LogP contribution in [0.5, 0.6) is 0 Å². The van der Waals surface area contributed by atoms with Crippen molar-refractivity contribution < 1.29 is 9.90 Å². The topological polar surface area (TPSA) is 73.4 Å². The fourth-order valence-corrected chi connectivity index (χ4v) is 1.15. The Labute approximate surface area is 93.7 Å². The van der Waals surface area contributed by atoms with Gasteiger partial charge in [0.15, 0.2) is 0 Å². The average Bonchev–Trinajstić information content (AvgIpc) is 2.27. The molecule has 5 heteroatoms. The predicted molar refractivity (Wildman–Crippen MR) is 60.3 cm³/mol. The van der Waals surface area contributed by atoms with Crippen LogP contribution in [0, 0.1) is 0 Å². The van der Waals surface area contributed by atoms with Crippen LogP contribution in [0.3, 0.4) is 0 Å².